The third-order valence-corrected chi connectivity index (χ3v) is 4.58. The van der Waals surface area contributed by atoms with Crippen LogP contribution in [0.3, 0.4) is 0 Å². The Labute approximate surface area is 194 Å². The molecular formula is C21H30Br2N4O2. The van der Waals surface area contributed by atoms with E-state index in [1.54, 1.807) is 0 Å². The van der Waals surface area contributed by atoms with E-state index in [4.69, 9.17) is 10.4 Å². The maximum absolute atomic E-state index is 8.50. The molecule has 8 heteroatoms. The Bertz CT molecular complexity index is 646. The fourth-order valence-corrected chi connectivity index (χ4v) is 3.01. The summed E-state index contributed by atoms with van der Waals surface area (Å²) in [5, 5.41) is 23.1. The van der Waals surface area contributed by atoms with Crippen LogP contribution >= 0.6 is 0 Å². The molecule has 2 N–H and O–H groups in total. The molecule has 0 fully saturated rings. The van der Waals surface area contributed by atoms with Gasteiger partial charge in [-0.1, -0.05) is 29.6 Å². The number of hydrogen-bond acceptors (Lipinski definition) is 4. The van der Waals surface area contributed by atoms with Crippen LogP contribution in [0.25, 0.3) is 0 Å². The van der Waals surface area contributed by atoms with E-state index >= 15 is 0 Å². The predicted molar refractivity (Wildman–Crippen MR) is 104 cm³/mol. The number of unbranched alkanes of at least 4 members (excludes halogenated alkanes) is 6. The minimum absolute atomic E-state index is 0. The fourth-order valence-electron chi connectivity index (χ4n) is 3.01. The van der Waals surface area contributed by atoms with Crippen LogP contribution in [0.4, 0.5) is 0 Å². The Morgan fingerprint density at radius 2 is 0.897 bits per heavy atom. The zero-order chi connectivity index (χ0) is 19.2. The van der Waals surface area contributed by atoms with E-state index in [2.05, 4.69) is 19.4 Å². The number of pyridine rings is 2. The molecule has 2 aromatic rings. The highest BCUT2D eigenvalue weighted by Gasteiger charge is 2.02. The van der Waals surface area contributed by atoms with Crippen molar-refractivity contribution >= 4 is 12.4 Å². The van der Waals surface area contributed by atoms with Crippen LogP contribution in [0, 0.1) is 0 Å². The maximum atomic E-state index is 8.50. The molecule has 0 radical (unpaired) electrons. The average molecular weight is 530 g/mol. The van der Waals surface area contributed by atoms with Gasteiger partial charge < -0.3 is 44.4 Å². The number of rotatable bonds is 12. The minimum atomic E-state index is 0. The van der Waals surface area contributed by atoms with E-state index < -0.39 is 0 Å². The van der Waals surface area contributed by atoms with Gasteiger partial charge in [-0.3, -0.25) is 0 Å². The lowest BCUT2D eigenvalue weighted by Crippen LogP contribution is -3.00. The van der Waals surface area contributed by atoms with E-state index in [1.807, 2.05) is 49.1 Å². The lowest BCUT2D eigenvalue weighted by molar-refractivity contribution is -0.697. The Balaban J connectivity index is 0.00000392. The molecule has 0 aliphatic carbocycles. The number of nitrogens with zero attached hydrogens (tertiary/aromatic N) is 4. The SMILES string of the molecule is O/N=C/c1cc[n+](CCCCCCCCC[n+]2ccc(/C=N/O)cc2)cc1.[Br-].[Br-]. The molecule has 0 saturated heterocycles. The topological polar surface area (TPSA) is 72.9 Å². The van der Waals surface area contributed by atoms with Crippen LogP contribution in [-0.2, 0) is 13.1 Å². The monoisotopic (exact) mass is 528 g/mol. The molecule has 0 aromatic carbocycles. The molecule has 0 bridgehead atoms. The molecule has 0 atom stereocenters. The standard InChI is InChI=1S/C21H28N4O2.2BrH/c26-22-18-20-8-14-24(15-9-20)12-6-4-2-1-3-5-7-13-25-16-10-21(11-17-25)19-23-27;;/h8-11,14-19H,1-7,12-13H2;2*1H. The average Bonchev–Trinajstić information content (AvgIpc) is 2.69. The Kier molecular flexibility index (Phi) is 16.0. The molecule has 29 heavy (non-hydrogen) atoms. The van der Waals surface area contributed by atoms with Gasteiger partial charge in [0.1, 0.15) is 13.1 Å². The van der Waals surface area contributed by atoms with E-state index in [1.165, 1.54) is 57.4 Å². The van der Waals surface area contributed by atoms with E-state index in [9.17, 15) is 0 Å². The van der Waals surface area contributed by atoms with E-state index in [0.29, 0.717) is 0 Å². The number of hydrogen-bond donors (Lipinski definition) is 2. The van der Waals surface area contributed by atoms with Crippen molar-refractivity contribution in [3.8, 4) is 0 Å². The zero-order valence-corrected chi connectivity index (χ0v) is 19.7. The summed E-state index contributed by atoms with van der Waals surface area (Å²) < 4.78 is 4.34. The number of halogens is 2. The molecule has 0 amide bonds. The minimum Gasteiger partial charge on any atom is -1.00 e. The van der Waals surface area contributed by atoms with Crippen LogP contribution < -0.4 is 43.1 Å². The molecule has 0 saturated carbocycles. The van der Waals surface area contributed by atoms with Gasteiger partial charge in [0.05, 0.1) is 12.4 Å². The lowest BCUT2D eigenvalue weighted by atomic mass is 10.1. The Morgan fingerprint density at radius 1 is 0.586 bits per heavy atom. The molecule has 0 aliphatic rings. The molecule has 0 aliphatic heterocycles. The molecule has 2 aromatic heterocycles. The first-order valence-corrected chi connectivity index (χ1v) is 9.65. The van der Waals surface area contributed by atoms with Gasteiger partial charge in [-0.05, 0) is 12.8 Å². The molecule has 160 valence electrons. The first-order chi connectivity index (χ1) is 13.3. The summed E-state index contributed by atoms with van der Waals surface area (Å²) in [6.45, 7) is 2.06. The van der Waals surface area contributed by atoms with Crippen LogP contribution in [0.1, 0.15) is 56.1 Å². The van der Waals surface area contributed by atoms with E-state index in [0.717, 1.165) is 24.2 Å². The number of aryl methyl sites for hydroxylation is 2. The van der Waals surface area contributed by atoms with E-state index in [-0.39, 0.29) is 34.0 Å². The Hall–Kier alpha value is -1.80. The van der Waals surface area contributed by atoms with Gasteiger partial charge in [-0.2, -0.15) is 0 Å². The third-order valence-electron chi connectivity index (χ3n) is 4.58. The second kappa shape index (κ2) is 17.1. The quantitative estimate of drug-likeness (QED) is 0.103. The van der Waals surface area contributed by atoms with Crippen molar-refractivity contribution in [2.75, 3.05) is 0 Å². The molecule has 0 spiro atoms. The predicted octanol–water partition coefficient (Wildman–Crippen LogP) is -2.68. The summed E-state index contributed by atoms with van der Waals surface area (Å²) in [5.41, 5.74) is 1.81. The summed E-state index contributed by atoms with van der Waals surface area (Å²) in [5.74, 6) is 0. The highest BCUT2D eigenvalue weighted by atomic mass is 79.9. The lowest BCUT2D eigenvalue weighted by Gasteiger charge is -2.01. The summed E-state index contributed by atoms with van der Waals surface area (Å²) in [6, 6.07) is 7.80. The van der Waals surface area contributed by atoms with Crippen molar-refractivity contribution in [1.82, 2.24) is 0 Å². The Morgan fingerprint density at radius 3 is 1.21 bits per heavy atom. The number of oxime groups is 2. The third kappa shape index (κ3) is 11.7. The summed E-state index contributed by atoms with van der Waals surface area (Å²) in [7, 11) is 0. The summed E-state index contributed by atoms with van der Waals surface area (Å²) in [4.78, 5) is 0. The molecule has 0 unspecified atom stereocenters. The van der Waals surface area contributed by atoms with Crippen molar-refractivity contribution in [3.63, 3.8) is 0 Å². The second-order valence-corrected chi connectivity index (χ2v) is 6.70. The fraction of sp³-hybridized carbons (Fsp3) is 0.429. The zero-order valence-electron chi connectivity index (χ0n) is 16.6. The highest BCUT2D eigenvalue weighted by molar-refractivity contribution is 5.78. The van der Waals surface area contributed by atoms with Crippen molar-refractivity contribution < 1.29 is 53.5 Å². The van der Waals surface area contributed by atoms with Gasteiger partial charge in [0, 0.05) is 48.2 Å². The first-order valence-electron chi connectivity index (χ1n) is 9.65. The highest BCUT2D eigenvalue weighted by Crippen LogP contribution is 2.07. The van der Waals surface area contributed by atoms with Gasteiger partial charge in [0.25, 0.3) is 0 Å². The molecular weight excluding hydrogens is 500 g/mol. The van der Waals surface area contributed by atoms with Crippen molar-refractivity contribution in [2.24, 2.45) is 10.3 Å². The van der Waals surface area contributed by atoms with Gasteiger partial charge in [-0.25, -0.2) is 9.13 Å². The first kappa shape index (κ1) is 27.2. The maximum Gasteiger partial charge on any atom is 0.169 e. The smallest absolute Gasteiger partial charge is 0.169 e. The summed E-state index contributed by atoms with van der Waals surface area (Å²) >= 11 is 0. The van der Waals surface area contributed by atoms with Crippen LogP contribution in [0.2, 0.25) is 0 Å². The van der Waals surface area contributed by atoms with Gasteiger partial charge in [0.15, 0.2) is 24.8 Å². The van der Waals surface area contributed by atoms with Gasteiger partial charge in [0.2, 0.25) is 0 Å². The van der Waals surface area contributed by atoms with Gasteiger partial charge >= 0.3 is 0 Å². The van der Waals surface area contributed by atoms with Crippen molar-refractivity contribution in [1.29, 1.82) is 0 Å². The van der Waals surface area contributed by atoms with Gasteiger partial charge in [-0.15, -0.1) is 0 Å². The largest absolute Gasteiger partial charge is 1.00 e. The van der Waals surface area contributed by atoms with Crippen molar-refractivity contribution in [3.05, 3.63) is 60.2 Å². The molecule has 6 nitrogen and oxygen atoms in total. The van der Waals surface area contributed by atoms with Crippen LogP contribution in [0.5, 0.6) is 0 Å². The van der Waals surface area contributed by atoms with Crippen LogP contribution in [0.15, 0.2) is 59.4 Å². The second-order valence-electron chi connectivity index (χ2n) is 6.70. The molecule has 2 heterocycles. The normalized spacial score (nSPS) is 10.8. The molecule has 2 rings (SSSR count). The summed E-state index contributed by atoms with van der Waals surface area (Å²) in [6.07, 6.45) is 19.8. The number of aromatic nitrogens is 2. The van der Waals surface area contributed by atoms with Crippen LogP contribution in [-0.4, -0.2) is 22.8 Å². The van der Waals surface area contributed by atoms with Crippen molar-refractivity contribution in [2.45, 2.75) is 58.0 Å².